The number of nitrogens with zero attached hydrogens (tertiary/aromatic N) is 3. The van der Waals surface area contributed by atoms with E-state index in [0.29, 0.717) is 25.6 Å². The first-order valence-corrected chi connectivity index (χ1v) is 11.6. The molecule has 1 N–H and O–H groups in total. The number of aliphatic imine (C=N–C) groups is 1. The minimum atomic E-state index is -3.07. The number of hydrogen-bond acceptors (Lipinski definition) is 4. The minimum absolute atomic E-state index is 0.453. The molecule has 1 aliphatic heterocycles. The first kappa shape index (κ1) is 22.5. The first-order valence-electron chi connectivity index (χ1n) is 9.77. The maximum absolute atomic E-state index is 11.6. The smallest absolute Gasteiger partial charge is 0.211 e. The third-order valence-corrected chi connectivity index (χ3v) is 6.36. The monoisotopic (exact) mass is 410 g/mol. The van der Waals surface area contributed by atoms with E-state index < -0.39 is 10.0 Å². The Bertz CT molecular complexity index is 751. The molecule has 1 aromatic rings. The molecule has 158 valence electrons. The zero-order valence-electron chi connectivity index (χ0n) is 17.7. The number of nitrogens with one attached hydrogen (secondary N) is 1. The standard InChI is InChI=1S/C20H34N4O3S/c1-16-12-17(2)14-19(13-16)27-11-10-23(4)20(21-3)22-15-18-6-8-24(9-7-18)28(5,25)26/h12-14,18H,6-11,15H2,1-5H3,(H,21,22). The number of benzene rings is 1. The highest BCUT2D eigenvalue weighted by atomic mass is 32.2. The van der Waals surface area contributed by atoms with Crippen LogP contribution in [0.25, 0.3) is 0 Å². The number of piperidine rings is 1. The molecule has 1 saturated heterocycles. The largest absolute Gasteiger partial charge is 0.492 e. The maximum Gasteiger partial charge on any atom is 0.211 e. The molecule has 0 atom stereocenters. The molecule has 7 nitrogen and oxygen atoms in total. The van der Waals surface area contributed by atoms with Gasteiger partial charge in [-0.05, 0) is 55.9 Å². The lowest BCUT2D eigenvalue weighted by atomic mass is 9.98. The third-order valence-electron chi connectivity index (χ3n) is 5.06. The number of ether oxygens (including phenoxy) is 1. The third kappa shape index (κ3) is 6.98. The van der Waals surface area contributed by atoms with Gasteiger partial charge in [0.05, 0.1) is 12.8 Å². The molecule has 0 unspecified atom stereocenters. The maximum atomic E-state index is 11.6. The molecule has 1 heterocycles. The second kappa shape index (κ2) is 10.1. The summed E-state index contributed by atoms with van der Waals surface area (Å²) in [6.07, 6.45) is 3.02. The van der Waals surface area contributed by atoms with Crippen LogP contribution in [0.3, 0.4) is 0 Å². The van der Waals surface area contributed by atoms with Gasteiger partial charge in [-0.25, -0.2) is 12.7 Å². The molecule has 1 fully saturated rings. The van der Waals surface area contributed by atoms with Crippen LogP contribution >= 0.6 is 0 Å². The van der Waals surface area contributed by atoms with Gasteiger partial charge in [-0.15, -0.1) is 0 Å². The zero-order valence-corrected chi connectivity index (χ0v) is 18.6. The molecule has 2 rings (SSSR count). The second-order valence-electron chi connectivity index (χ2n) is 7.63. The molecule has 1 aliphatic rings. The number of sulfonamides is 1. The van der Waals surface area contributed by atoms with Gasteiger partial charge < -0.3 is 15.0 Å². The topological polar surface area (TPSA) is 74.2 Å². The van der Waals surface area contributed by atoms with Crippen molar-refractivity contribution in [2.75, 3.05) is 53.1 Å². The van der Waals surface area contributed by atoms with Crippen molar-refractivity contribution in [3.8, 4) is 5.75 Å². The van der Waals surface area contributed by atoms with Crippen molar-refractivity contribution in [2.24, 2.45) is 10.9 Å². The summed E-state index contributed by atoms with van der Waals surface area (Å²) in [6, 6.07) is 6.22. The Morgan fingerprint density at radius 1 is 1.25 bits per heavy atom. The van der Waals surface area contributed by atoms with Crippen molar-refractivity contribution in [1.82, 2.24) is 14.5 Å². The lowest BCUT2D eigenvalue weighted by Crippen LogP contribution is -2.45. The molecule has 8 heteroatoms. The van der Waals surface area contributed by atoms with E-state index in [1.165, 1.54) is 17.4 Å². The molecule has 0 aliphatic carbocycles. The second-order valence-corrected chi connectivity index (χ2v) is 9.61. The summed E-state index contributed by atoms with van der Waals surface area (Å²) in [7, 11) is 0.696. The number of aryl methyl sites for hydroxylation is 2. The highest BCUT2D eigenvalue weighted by Crippen LogP contribution is 2.18. The van der Waals surface area contributed by atoms with E-state index in [1.54, 1.807) is 11.4 Å². The lowest BCUT2D eigenvalue weighted by molar-refractivity contribution is 0.267. The number of hydrogen-bond donors (Lipinski definition) is 1. The molecular formula is C20H34N4O3S. The van der Waals surface area contributed by atoms with E-state index in [9.17, 15) is 8.42 Å². The van der Waals surface area contributed by atoms with Crippen LogP contribution in [0.15, 0.2) is 23.2 Å². The zero-order chi connectivity index (χ0) is 20.7. The molecule has 0 bridgehead atoms. The molecule has 0 spiro atoms. The van der Waals surface area contributed by atoms with Gasteiger partial charge in [0.2, 0.25) is 10.0 Å². The molecule has 28 heavy (non-hydrogen) atoms. The van der Waals surface area contributed by atoms with Gasteiger partial charge >= 0.3 is 0 Å². The Labute approximate surface area is 169 Å². The fourth-order valence-electron chi connectivity index (χ4n) is 3.49. The molecule has 1 aromatic carbocycles. The Balaban J connectivity index is 1.74. The highest BCUT2D eigenvalue weighted by Gasteiger charge is 2.25. The molecule has 0 saturated carbocycles. The fraction of sp³-hybridized carbons (Fsp3) is 0.650. The van der Waals surface area contributed by atoms with Crippen LogP contribution < -0.4 is 10.1 Å². The molecule has 0 aromatic heterocycles. The van der Waals surface area contributed by atoms with Crippen LogP contribution in [0.2, 0.25) is 0 Å². The number of guanidine groups is 1. The molecule has 0 amide bonds. The van der Waals surface area contributed by atoms with Gasteiger partial charge in [-0.3, -0.25) is 4.99 Å². The number of likely N-dealkylation sites (N-methyl/N-ethyl adjacent to an activating group) is 1. The van der Waals surface area contributed by atoms with Gasteiger partial charge in [0.25, 0.3) is 0 Å². The average Bonchev–Trinajstić information content (AvgIpc) is 2.61. The first-order chi connectivity index (χ1) is 13.2. The number of rotatable bonds is 7. The minimum Gasteiger partial charge on any atom is -0.492 e. The Kier molecular flexibility index (Phi) is 8.12. The fourth-order valence-corrected chi connectivity index (χ4v) is 4.36. The summed E-state index contributed by atoms with van der Waals surface area (Å²) in [5, 5.41) is 3.41. The van der Waals surface area contributed by atoms with Gasteiger partial charge in [0.1, 0.15) is 12.4 Å². The van der Waals surface area contributed by atoms with E-state index >= 15 is 0 Å². The van der Waals surface area contributed by atoms with Gasteiger partial charge in [0.15, 0.2) is 5.96 Å². The summed E-state index contributed by atoms with van der Waals surface area (Å²) < 4.78 is 30.7. The van der Waals surface area contributed by atoms with Crippen molar-refractivity contribution in [3.63, 3.8) is 0 Å². The van der Waals surface area contributed by atoms with Crippen LogP contribution in [-0.4, -0.2) is 76.7 Å². The van der Waals surface area contributed by atoms with Crippen LogP contribution in [0.5, 0.6) is 5.75 Å². The molecular weight excluding hydrogens is 376 g/mol. The van der Waals surface area contributed by atoms with Crippen LogP contribution in [0.1, 0.15) is 24.0 Å². The Morgan fingerprint density at radius 3 is 2.39 bits per heavy atom. The SMILES string of the molecule is CN=C(NCC1CCN(S(C)(=O)=O)CC1)N(C)CCOc1cc(C)cc(C)c1. The van der Waals surface area contributed by atoms with Gasteiger partial charge in [-0.2, -0.15) is 0 Å². The average molecular weight is 411 g/mol. The quantitative estimate of drug-likeness (QED) is 0.549. The van der Waals surface area contributed by atoms with Crippen molar-refractivity contribution in [3.05, 3.63) is 29.3 Å². The predicted octanol–water partition coefficient (Wildman–Crippen LogP) is 1.86. The van der Waals surface area contributed by atoms with Crippen molar-refractivity contribution in [2.45, 2.75) is 26.7 Å². The predicted molar refractivity (Wildman–Crippen MR) is 115 cm³/mol. The van der Waals surface area contributed by atoms with Crippen molar-refractivity contribution < 1.29 is 13.2 Å². The van der Waals surface area contributed by atoms with Crippen LogP contribution in [0, 0.1) is 19.8 Å². The summed E-state index contributed by atoms with van der Waals surface area (Å²) in [5.41, 5.74) is 2.39. The molecule has 0 radical (unpaired) electrons. The summed E-state index contributed by atoms with van der Waals surface area (Å²) in [6.45, 7) is 7.43. The summed E-state index contributed by atoms with van der Waals surface area (Å²) in [4.78, 5) is 6.40. The van der Waals surface area contributed by atoms with E-state index in [1.807, 2.05) is 24.1 Å². The highest BCUT2D eigenvalue weighted by molar-refractivity contribution is 7.88. The Morgan fingerprint density at radius 2 is 1.86 bits per heavy atom. The van der Waals surface area contributed by atoms with E-state index in [-0.39, 0.29) is 0 Å². The van der Waals surface area contributed by atoms with E-state index in [2.05, 4.69) is 30.2 Å². The summed E-state index contributed by atoms with van der Waals surface area (Å²) in [5.74, 6) is 2.18. The van der Waals surface area contributed by atoms with Crippen LogP contribution in [-0.2, 0) is 10.0 Å². The van der Waals surface area contributed by atoms with Crippen molar-refractivity contribution in [1.29, 1.82) is 0 Å². The van der Waals surface area contributed by atoms with E-state index in [0.717, 1.165) is 37.6 Å². The lowest BCUT2D eigenvalue weighted by Gasteiger charge is -2.31. The van der Waals surface area contributed by atoms with Gasteiger partial charge in [0, 0.05) is 33.7 Å². The summed E-state index contributed by atoms with van der Waals surface area (Å²) >= 11 is 0. The Hall–Kier alpha value is -1.80. The normalized spacial score (nSPS) is 16.8. The van der Waals surface area contributed by atoms with Crippen LogP contribution in [0.4, 0.5) is 0 Å². The van der Waals surface area contributed by atoms with Gasteiger partial charge in [-0.1, -0.05) is 6.07 Å². The van der Waals surface area contributed by atoms with Crippen molar-refractivity contribution >= 4 is 16.0 Å². The van der Waals surface area contributed by atoms with E-state index in [4.69, 9.17) is 4.74 Å².